The van der Waals surface area contributed by atoms with Gasteiger partial charge in [-0.15, -0.1) is 0 Å². The summed E-state index contributed by atoms with van der Waals surface area (Å²) in [6, 6.07) is 6.37. The van der Waals surface area contributed by atoms with Crippen molar-refractivity contribution in [3.8, 4) is 0 Å². The fourth-order valence-corrected chi connectivity index (χ4v) is 4.06. The van der Waals surface area contributed by atoms with Crippen molar-refractivity contribution >= 4 is 5.91 Å². The van der Waals surface area contributed by atoms with Crippen LogP contribution in [0.5, 0.6) is 0 Å². The van der Waals surface area contributed by atoms with Crippen molar-refractivity contribution in [1.29, 1.82) is 0 Å². The number of carbonyl (C=O) groups is 1. The second kappa shape index (κ2) is 6.94. The Hall–Kier alpha value is -1.63. The molecule has 25 heavy (non-hydrogen) atoms. The molecule has 2 heterocycles. The highest BCUT2D eigenvalue weighted by Crippen LogP contribution is 2.40. The van der Waals surface area contributed by atoms with Crippen LogP contribution in [0.2, 0.25) is 0 Å². The third-order valence-corrected chi connectivity index (χ3v) is 5.20. The lowest BCUT2D eigenvalue weighted by Gasteiger charge is -2.40. The third kappa shape index (κ3) is 4.71. The van der Waals surface area contributed by atoms with Gasteiger partial charge in [-0.05, 0) is 43.5 Å². The van der Waals surface area contributed by atoms with Gasteiger partial charge in [0.05, 0.1) is 0 Å². The van der Waals surface area contributed by atoms with Gasteiger partial charge in [-0.2, -0.15) is 13.2 Å². The van der Waals surface area contributed by atoms with Gasteiger partial charge < -0.3 is 4.90 Å². The molecule has 3 nitrogen and oxygen atoms in total. The summed E-state index contributed by atoms with van der Waals surface area (Å²) >= 11 is 0. The zero-order valence-corrected chi connectivity index (χ0v) is 14.0. The van der Waals surface area contributed by atoms with E-state index in [9.17, 15) is 22.4 Å². The molecule has 1 spiro atoms. The highest BCUT2D eigenvalue weighted by atomic mass is 19.4. The summed E-state index contributed by atoms with van der Waals surface area (Å²) in [5.41, 5.74) is 0.904. The molecule has 0 aliphatic carbocycles. The molecular formula is C18H22F4N2O. The first-order valence-electron chi connectivity index (χ1n) is 8.56. The van der Waals surface area contributed by atoms with E-state index < -0.39 is 18.5 Å². The van der Waals surface area contributed by atoms with Gasteiger partial charge in [-0.3, -0.25) is 9.69 Å². The molecule has 2 saturated heterocycles. The first kappa shape index (κ1) is 18.2. The molecule has 0 bridgehead atoms. The summed E-state index contributed by atoms with van der Waals surface area (Å²) in [6.07, 6.45) is -3.18. The Morgan fingerprint density at radius 3 is 2.48 bits per heavy atom. The Kier molecular flexibility index (Phi) is 5.04. The lowest BCUT2D eigenvalue weighted by Crippen LogP contribution is -2.45. The van der Waals surface area contributed by atoms with Crippen molar-refractivity contribution in [1.82, 2.24) is 9.80 Å². The third-order valence-electron chi connectivity index (χ3n) is 5.20. The van der Waals surface area contributed by atoms with Crippen molar-refractivity contribution in [2.75, 3.05) is 26.2 Å². The Balaban J connectivity index is 1.59. The smallest absolute Gasteiger partial charge is 0.342 e. The first-order chi connectivity index (χ1) is 11.7. The number of hydrogen-bond acceptors (Lipinski definition) is 2. The van der Waals surface area contributed by atoms with Crippen molar-refractivity contribution in [2.45, 2.75) is 38.4 Å². The minimum Gasteiger partial charge on any atom is -0.342 e. The maximum Gasteiger partial charge on any atom is 0.397 e. The van der Waals surface area contributed by atoms with Crippen LogP contribution in [0.25, 0.3) is 0 Å². The number of nitrogens with zero attached hydrogens (tertiary/aromatic N) is 2. The molecule has 0 radical (unpaired) electrons. The maximum atomic E-state index is 13.0. The zero-order valence-electron chi connectivity index (χ0n) is 14.0. The number of halogens is 4. The number of carbonyl (C=O) groups excluding carboxylic acids is 1. The van der Waals surface area contributed by atoms with E-state index in [1.54, 1.807) is 12.1 Å². The zero-order chi connectivity index (χ0) is 18.1. The van der Waals surface area contributed by atoms with Gasteiger partial charge in [0.1, 0.15) is 12.2 Å². The first-order valence-corrected chi connectivity index (χ1v) is 8.56. The average molecular weight is 358 g/mol. The predicted molar refractivity (Wildman–Crippen MR) is 85.2 cm³/mol. The number of likely N-dealkylation sites (tertiary alicyclic amines) is 2. The molecule has 7 heteroatoms. The van der Waals surface area contributed by atoms with E-state index in [1.807, 2.05) is 0 Å². The molecule has 2 aliphatic rings. The predicted octanol–water partition coefficient (Wildman–Crippen LogP) is 3.59. The molecule has 2 aliphatic heterocycles. The topological polar surface area (TPSA) is 23.6 Å². The van der Waals surface area contributed by atoms with E-state index >= 15 is 0 Å². The molecular weight excluding hydrogens is 336 g/mol. The van der Waals surface area contributed by atoms with Crippen molar-refractivity contribution in [2.24, 2.45) is 5.41 Å². The quantitative estimate of drug-likeness (QED) is 0.771. The van der Waals surface area contributed by atoms with Crippen molar-refractivity contribution in [3.63, 3.8) is 0 Å². The van der Waals surface area contributed by atoms with Gasteiger partial charge in [-0.25, -0.2) is 4.39 Å². The van der Waals surface area contributed by atoms with Crippen LogP contribution in [0.3, 0.4) is 0 Å². The highest BCUT2D eigenvalue weighted by Gasteiger charge is 2.44. The van der Waals surface area contributed by atoms with Crippen LogP contribution in [-0.4, -0.2) is 48.1 Å². The SMILES string of the molecule is O=C(CC(F)(F)F)N1CCC2(CCCN(Cc3ccc(F)cc3)C2)C1. The Morgan fingerprint density at radius 1 is 1.08 bits per heavy atom. The number of alkyl halides is 3. The average Bonchev–Trinajstić information content (AvgIpc) is 2.92. The van der Waals surface area contributed by atoms with Gasteiger partial charge in [0.25, 0.3) is 0 Å². The van der Waals surface area contributed by atoms with E-state index in [2.05, 4.69) is 4.90 Å². The second-order valence-corrected chi connectivity index (χ2v) is 7.30. The van der Waals surface area contributed by atoms with Crippen LogP contribution in [0, 0.1) is 11.2 Å². The normalized spacial score (nSPS) is 24.9. The molecule has 0 aromatic heterocycles. The van der Waals surface area contributed by atoms with Gasteiger partial charge in [-0.1, -0.05) is 12.1 Å². The molecule has 0 saturated carbocycles. The van der Waals surface area contributed by atoms with E-state index in [4.69, 9.17) is 0 Å². The Labute approximate surface area is 144 Å². The minimum absolute atomic E-state index is 0.112. The molecule has 1 aromatic carbocycles. The Bertz CT molecular complexity index is 616. The molecule has 1 amide bonds. The second-order valence-electron chi connectivity index (χ2n) is 7.30. The van der Waals surface area contributed by atoms with Crippen LogP contribution in [0.1, 0.15) is 31.2 Å². The number of benzene rings is 1. The summed E-state index contributed by atoms with van der Waals surface area (Å²) < 4.78 is 50.3. The molecule has 1 atom stereocenters. The van der Waals surface area contributed by atoms with Crippen LogP contribution in [-0.2, 0) is 11.3 Å². The fraction of sp³-hybridized carbons (Fsp3) is 0.611. The fourth-order valence-electron chi connectivity index (χ4n) is 4.06. The summed E-state index contributed by atoms with van der Waals surface area (Å²) in [7, 11) is 0. The molecule has 0 N–H and O–H groups in total. The van der Waals surface area contributed by atoms with Crippen LogP contribution < -0.4 is 0 Å². The molecule has 1 unspecified atom stereocenters. The summed E-state index contributed by atoms with van der Waals surface area (Å²) in [5, 5.41) is 0. The summed E-state index contributed by atoms with van der Waals surface area (Å²) in [4.78, 5) is 15.5. The minimum atomic E-state index is -4.45. The van der Waals surface area contributed by atoms with E-state index in [0.29, 0.717) is 19.6 Å². The largest absolute Gasteiger partial charge is 0.397 e. The summed E-state index contributed by atoms with van der Waals surface area (Å²) in [6.45, 7) is 3.18. The van der Waals surface area contributed by atoms with Gasteiger partial charge in [0.2, 0.25) is 5.91 Å². The summed E-state index contributed by atoms with van der Waals surface area (Å²) in [5.74, 6) is -1.09. The number of hydrogen-bond donors (Lipinski definition) is 0. The van der Waals surface area contributed by atoms with E-state index in [1.165, 1.54) is 17.0 Å². The van der Waals surface area contributed by atoms with Gasteiger partial charge >= 0.3 is 6.18 Å². The lowest BCUT2D eigenvalue weighted by molar-refractivity contribution is -0.161. The van der Waals surface area contributed by atoms with Crippen LogP contribution >= 0.6 is 0 Å². The highest BCUT2D eigenvalue weighted by molar-refractivity contribution is 5.77. The lowest BCUT2D eigenvalue weighted by atomic mass is 9.79. The Morgan fingerprint density at radius 2 is 1.80 bits per heavy atom. The van der Waals surface area contributed by atoms with Crippen LogP contribution in [0.4, 0.5) is 17.6 Å². The molecule has 3 rings (SSSR count). The van der Waals surface area contributed by atoms with Crippen molar-refractivity contribution in [3.05, 3.63) is 35.6 Å². The van der Waals surface area contributed by atoms with E-state index in [-0.39, 0.29) is 11.2 Å². The van der Waals surface area contributed by atoms with Crippen molar-refractivity contribution < 1.29 is 22.4 Å². The standard InChI is InChI=1S/C18H22F4N2O/c19-15-4-2-14(3-5-15)11-23-8-1-6-17(12-23)7-9-24(13-17)16(25)10-18(20,21)22/h2-5H,1,6-13H2. The van der Waals surface area contributed by atoms with Gasteiger partial charge in [0, 0.05) is 31.6 Å². The van der Waals surface area contributed by atoms with Crippen LogP contribution in [0.15, 0.2) is 24.3 Å². The number of piperidine rings is 1. The van der Waals surface area contributed by atoms with E-state index in [0.717, 1.165) is 37.9 Å². The molecule has 138 valence electrons. The monoisotopic (exact) mass is 358 g/mol. The van der Waals surface area contributed by atoms with Gasteiger partial charge in [0.15, 0.2) is 0 Å². The number of amides is 1. The number of rotatable bonds is 3. The molecule has 1 aromatic rings. The molecule has 2 fully saturated rings. The maximum absolute atomic E-state index is 13.0.